The number of aromatic nitrogens is 2. The van der Waals surface area contributed by atoms with E-state index in [1.165, 1.54) is 38.5 Å². The smallest absolute Gasteiger partial charge is 0.385 e. The Hall–Kier alpha value is -2.84. The van der Waals surface area contributed by atoms with Crippen molar-refractivity contribution in [2.24, 2.45) is 17.8 Å². The first kappa shape index (κ1) is 29.8. The van der Waals surface area contributed by atoms with Gasteiger partial charge in [0.25, 0.3) is 5.56 Å². The number of nitrogens with zero attached hydrogens (tertiary/aromatic N) is 3. The third kappa shape index (κ3) is 5.80. The molecule has 1 aromatic heterocycles. The van der Waals surface area contributed by atoms with E-state index in [1.54, 1.807) is 47.0 Å². The van der Waals surface area contributed by atoms with Gasteiger partial charge in [0.1, 0.15) is 0 Å². The van der Waals surface area contributed by atoms with E-state index in [4.69, 9.17) is 9.26 Å². The highest BCUT2D eigenvalue weighted by Crippen LogP contribution is 2.49. The molecule has 7 rings (SSSR count). The largest absolute Gasteiger partial charge is 0.434 e. The number of carbonyl (C=O) groups is 1. The number of hydrogen-bond donors (Lipinski definition) is 1. The van der Waals surface area contributed by atoms with Crippen molar-refractivity contribution in [1.82, 2.24) is 14.5 Å². The van der Waals surface area contributed by atoms with Crippen molar-refractivity contribution in [3.8, 4) is 0 Å². The lowest BCUT2D eigenvalue weighted by Crippen LogP contribution is -2.59. The Labute approximate surface area is 258 Å². The highest BCUT2D eigenvalue weighted by Gasteiger charge is 2.46. The molecular weight excluding hydrogens is 577 g/mol. The van der Waals surface area contributed by atoms with E-state index >= 15 is 0 Å². The molecular formula is C34H42N3O6P. The molecule has 1 unspecified atom stereocenters. The molecule has 234 valence electrons. The van der Waals surface area contributed by atoms with Crippen LogP contribution in [0.15, 0.2) is 59.4 Å². The molecule has 5 atom stereocenters. The molecule has 2 saturated heterocycles. The van der Waals surface area contributed by atoms with Crippen LogP contribution in [-0.2, 0) is 13.8 Å². The van der Waals surface area contributed by atoms with Crippen LogP contribution in [-0.4, -0.2) is 50.2 Å². The molecule has 3 aromatic rings. The summed E-state index contributed by atoms with van der Waals surface area (Å²) in [6, 6.07) is 16.9. The van der Waals surface area contributed by atoms with Crippen molar-refractivity contribution in [2.45, 2.75) is 95.3 Å². The highest BCUT2D eigenvalue weighted by atomic mass is 31.2. The predicted octanol–water partition coefficient (Wildman–Crippen LogP) is 5.81. The monoisotopic (exact) mass is 619 g/mol. The van der Waals surface area contributed by atoms with E-state index in [0.717, 1.165) is 43.4 Å². The fraction of sp³-hybridized carbons (Fsp3) is 0.559. The normalized spacial score (nSPS) is 31.7. The molecule has 2 saturated carbocycles. The van der Waals surface area contributed by atoms with Crippen LogP contribution in [0.25, 0.3) is 11.0 Å². The molecule has 0 amide bonds. The number of hydrogen-bond acceptors (Lipinski definition) is 7. The summed E-state index contributed by atoms with van der Waals surface area (Å²) in [6.45, 7) is 1.64. The molecule has 0 spiro atoms. The van der Waals surface area contributed by atoms with Gasteiger partial charge in [-0.15, -0.1) is 0 Å². The summed E-state index contributed by atoms with van der Waals surface area (Å²) >= 11 is 0. The number of ether oxygens (including phenoxy) is 1. The minimum absolute atomic E-state index is 0.111. The first-order valence-electron chi connectivity index (χ1n) is 16.3. The van der Waals surface area contributed by atoms with Crippen LogP contribution < -0.4 is 11.0 Å². The molecule has 2 aliphatic heterocycles. The fourth-order valence-corrected chi connectivity index (χ4v) is 10.0. The van der Waals surface area contributed by atoms with E-state index < -0.39 is 31.4 Å². The third-order valence-corrected chi connectivity index (χ3v) is 11.9. The van der Waals surface area contributed by atoms with Crippen LogP contribution in [0, 0.1) is 17.8 Å². The molecule has 4 aliphatic rings. The molecule has 0 radical (unpaired) electrons. The summed E-state index contributed by atoms with van der Waals surface area (Å²) in [7, 11) is -4.72. The lowest BCUT2D eigenvalue weighted by molar-refractivity contribution is -0.0524. The van der Waals surface area contributed by atoms with Gasteiger partial charge in [-0.1, -0.05) is 43.7 Å². The number of esters is 1. The van der Waals surface area contributed by atoms with Crippen LogP contribution >= 0.6 is 7.60 Å². The number of fused-ring (bicyclic) bond motifs is 5. The van der Waals surface area contributed by atoms with E-state index in [0.29, 0.717) is 29.2 Å². The Morgan fingerprint density at radius 3 is 2.25 bits per heavy atom. The summed E-state index contributed by atoms with van der Waals surface area (Å²) in [5.74, 6) is 1.82. The van der Waals surface area contributed by atoms with Crippen LogP contribution in [0.5, 0.6) is 0 Å². The van der Waals surface area contributed by atoms with Crippen molar-refractivity contribution in [3.63, 3.8) is 0 Å². The van der Waals surface area contributed by atoms with Crippen molar-refractivity contribution in [1.29, 1.82) is 0 Å². The zero-order valence-electron chi connectivity index (χ0n) is 25.3. The Bertz CT molecular complexity index is 1600. The van der Waals surface area contributed by atoms with Crippen molar-refractivity contribution >= 4 is 30.0 Å². The van der Waals surface area contributed by atoms with Crippen molar-refractivity contribution in [3.05, 3.63) is 70.5 Å². The molecule has 10 heteroatoms. The maximum absolute atomic E-state index is 14.1. The Kier molecular flexibility index (Phi) is 8.25. The summed E-state index contributed by atoms with van der Waals surface area (Å²) in [5.41, 5.74) is 0.269. The van der Waals surface area contributed by atoms with E-state index in [1.807, 2.05) is 12.1 Å². The first-order valence-corrected chi connectivity index (χ1v) is 17.8. The van der Waals surface area contributed by atoms with Crippen LogP contribution in [0.2, 0.25) is 0 Å². The van der Waals surface area contributed by atoms with Gasteiger partial charge in [-0.2, -0.15) is 0 Å². The molecule has 2 aromatic carbocycles. The van der Waals surface area contributed by atoms with E-state index in [-0.39, 0.29) is 11.6 Å². The summed E-state index contributed by atoms with van der Waals surface area (Å²) in [6.07, 6.45) is 11.8. The average Bonchev–Trinajstić information content (AvgIpc) is 2.99. The van der Waals surface area contributed by atoms with Gasteiger partial charge in [-0.25, -0.2) is 9.78 Å². The molecule has 9 nitrogen and oxygen atoms in total. The Morgan fingerprint density at radius 1 is 0.886 bits per heavy atom. The minimum Gasteiger partial charge on any atom is -0.434 e. The SMILES string of the molecule is CC1C[C@H]2CC(N3[C@H]4CCC[C@H]3CC(n3c(=O)c(P(=O)(O)OCOC(=O)c5ccccc5)nc5ccccc53)C4)C[C@H](C1)C2. The lowest BCUT2D eigenvalue weighted by Gasteiger charge is -2.55. The second-order valence-electron chi connectivity index (χ2n) is 13.6. The number of benzene rings is 2. The Morgan fingerprint density at radius 2 is 1.55 bits per heavy atom. The summed E-state index contributed by atoms with van der Waals surface area (Å²) in [4.78, 5) is 44.5. The minimum atomic E-state index is -4.72. The molecule has 4 bridgehead atoms. The highest BCUT2D eigenvalue weighted by molar-refractivity contribution is 7.60. The number of para-hydroxylation sites is 2. The van der Waals surface area contributed by atoms with Gasteiger partial charge in [-0.05, 0) is 99.8 Å². The number of piperidine rings is 2. The van der Waals surface area contributed by atoms with Gasteiger partial charge in [-0.3, -0.25) is 18.8 Å². The van der Waals surface area contributed by atoms with Crippen molar-refractivity contribution < 1.29 is 23.5 Å². The van der Waals surface area contributed by atoms with Crippen LogP contribution in [0.4, 0.5) is 0 Å². The third-order valence-electron chi connectivity index (χ3n) is 10.6. The van der Waals surface area contributed by atoms with Gasteiger partial charge in [0.05, 0.1) is 16.6 Å². The zero-order chi connectivity index (χ0) is 30.4. The van der Waals surface area contributed by atoms with Gasteiger partial charge in [0.15, 0.2) is 0 Å². The van der Waals surface area contributed by atoms with Crippen LogP contribution in [0.1, 0.15) is 87.5 Å². The maximum Gasteiger partial charge on any atom is 0.385 e. The summed E-state index contributed by atoms with van der Waals surface area (Å²) < 4.78 is 25.4. The molecule has 44 heavy (non-hydrogen) atoms. The maximum atomic E-state index is 14.1. The van der Waals surface area contributed by atoms with Gasteiger partial charge in [0, 0.05) is 24.2 Å². The second kappa shape index (κ2) is 12.2. The van der Waals surface area contributed by atoms with Gasteiger partial charge in [0.2, 0.25) is 12.2 Å². The summed E-state index contributed by atoms with van der Waals surface area (Å²) in [5, 5.41) is 0. The first-order chi connectivity index (χ1) is 21.3. The predicted molar refractivity (Wildman–Crippen MR) is 168 cm³/mol. The molecule has 1 N–H and O–H groups in total. The zero-order valence-corrected chi connectivity index (χ0v) is 26.2. The van der Waals surface area contributed by atoms with Crippen molar-refractivity contribution in [2.75, 3.05) is 6.79 Å². The topological polar surface area (TPSA) is 111 Å². The van der Waals surface area contributed by atoms with Gasteiger partial charge >= 0.3 is 13.6 Å². The molecule has 4 fully saturated rings. The fourth-order valence-electron chi connectivity index (χ4n) is 9.15. The number of carbonyl (C=O) groups excluding carboxylic acids is 1. The van der Waals surface area contributed by atoms with E-state index in [9.17, 15) is 19.0 Å². The second-order valence-corrected chi connectivity index (χ2v) is 15.4. The average molecular weight is 620 g/mol. The van der Waals surface area contributed by atoms with E-state index in [2.05, 4.69) is 16.8 Å². The molecule has 3 heterocycles. The van der Waals surface area contributed by atoms with Crippen LogP contribution in [0.3, 0.4) is 0 Å². The lowest BCUT2D eigenvalue weighted by atomic mass is 9.65. The van der Waals surface area contributed by atoms with Gasteiger partial charge < -0.3 is 14.2 Å². The Balaban J connectivity index is 1.14. The standard InChI is InChI=1S/C34H42N3O6P/c1-22-14-23-16-24(15-22)18-28(17-23)36-26-10-7-11-27(36)20-29(19-26)37-31-13-6-5-12-30(31)35-32(33(37)38)44(40,41)43-21-42-34(39)25-8-3-2-4-9-25/h2-6,8-9,12-13,22-24,26-29H,7,10-11,14-21H2,1H3,(H,40,41)/t22?,23-,24-,26+,27+,28?/m1/s1. The number of rotatable bonds is 7. The quantitative estimate of drug-likeness (QED) is 0.200. The molecule has 2 aliphatic carbocycles.